The third-order valence-corrected chi connectivity index (χ3v) is 8.17. The molecular formula is C25H42. The average Bonchev–Trinajstić information content (AvgIpc) is 2.69. The minimum atomic E-state index is 0.829. The molecule has 25 heavy (non-hydrogen) atoms. The molecule has 0 radical (unpaired) electrons. The highest BCUT2D eigenvalue weighted by Crippen LogP contribution is 2.46. The van der Waals surface area contributed by atoms with Crippen LogP contribution < -0.4 is 0 Å². The van der Waals surface area contributed by atoms with Crippen molar-refractivity contribution in [1.29, 1.82) is 0 Å². The predicted octanol–water partition coefficient (Wildman–Crippen LogP) is 7.95. The van der Waals surface area contributed by atoms with Gasteiger partial charge in [0, 0.05) is 0 Å². The van der Waals surface area contributed by atoms with Gasteiger partial charge < -0.3 is 0 Å². The molecule has 0 amide bonds. The number of hydrogen-bond donors (Lipinski definition) is 0. The predicted molar refractivity (Wildman–Crippen MR) is 111 cm³/mol. The van der Waals surface area contributed by atoms with Crippen LogP contribution in [0.15, 0.2) is 24.8 Å². The van der Waals surface area contributed by atoms with Crippen LogP contribution in [0, 0.1) is 35.5 Å². The van der Waals surface area contributed by atoms with Crippen molar-refractivity contribution in [2.75, 3.05) is 0 Å². The lowest BCUT2D eigenvalue weighted by Gasteiger charge is -2.41. The molecule has 0 aromatic carbocycles. The summed E-state index contributed by atoms with van der Waals surface area (Å²) >= 11 is 0. The summed E-state index contributed by atoms with van der Waals surface area (Å²) < 4.78 is 0. The molecule has 0 atom stereocenters. The topological polar surface area (TPSA) is 0 Å². The third kappa shape index (κ3) is 5.48. The van der Waals surface area contributed by atoms with Crippen LogP contribution in [0.4, 0.5) is 0 Å². The molecule has 3 aliphatic carbocycles. The van der Waals surface area contributed by atoms with Gasteiger partial charge in [0.1, 0.15) is 0 Å². The van der Waals surface area contributed by atoms with Crippen molar-refractivity contribution >= 4 is 0 Å². The molecule has 0 saturated heterocycles. The van der Waals surface area contributed by atoms with Gasteiger partial charge in [-0.1, -0.05) is 31.1 Å². The second-order valence-electron chi connectivity index (χ2n) is 9.51. The Morgan fingerprint density at radius 2 is 1.12 bits per heavy atom. The Morgan fingerprint density at radius 1 is 0.680 bits per heavy atom. The van der Waals surface area contributed by atoms with E-state index in [0.29, 0.717) is 0 Å². The molecule has 3 rings (SSSR count). The van der Waals surface area contributed by atoms with Gasteiger partial charge in [-0.2, -0.15) is 0 Å². The van der Waals surface area contributed by atoms with Crippen molar-refractivity contribution in [3.63, 3.8) is 0 Å². The highest BCUT2D eigenvalue weighted by Gasteiger charge is 2.34. The van der Waals surface area contributed by atoms with Gasteiger partial charge in [-0.15, -0.1) is 6.58 Å². The van der Waals surface area contributed by atoms with E-state index in [1.165, 1.54) is 51.4 Å². The van der Waals surface area contributed by atoms with Gasteiger partial charge in [0.15, 0.2) is 0 Å². The summed E-state index contributed by atoms with van der Waals surface area (Å²) in [5.74, 6) is 6.14. The second-order valence-corrected chi connectivity index (χ2v) is 9.51. The summed E-state index contributed by atoms with van der Waals surface area (Å²) in [6, 6.07) is 0. The standard InChI is InChI=1S/C25H42/c1-3-5-6-7-21-10-14-23(15-11-21)25-18-16-24(17-19-25)22-12-8-20(4-2)9-13-22/h3-5,20-25H,2,6-19H2,1H3/b5-3+/t20-,21-,22-,23-,24?,25?. The molecular weight excluding hydrogens is 300 g/mol. The van der Waals surface area contributed by atoms with Gasteiger partial charge in [0.2, 0.25) is 0 Å². The summed E-state index contributed by atoms with van der Waals surface area (Å²) in [4.78, 5) is 0. The zero-order valence-corrected chi connectivity index (χ0v) is 16.8. The summed E-state index contributed by atoms with van der Waals surface area (Å²) in [6.45, 7) is 6.16. The fraction of sp³-hybridized carbons (Fsp3) is 0.840. The van der Waals surface area contributed by atoms with Crippen molar-refractivity contribution < 1.29 is 0 Å². The first-order valence-corrected chi connectivity index (χ1v) is 11.5. The van der Waals surface area contributed by atoms with Crippen molar-refractivity contribution in [2.45, 2.75) is 96.8 Å². The van der Waals surface area contributed by atoms with Crippen molar-refractivity contribution in [2.24, 2.45) is 35.5 Å². The molecule has 0 heterocycles. The van der Waals surface area contributed by atoms with Crippen LogP contribution in [-0.2, 0) is 0 Å². The fourth-order valence-electron chi connectivity index (χ4n) is 6.39. The van der Waals surface area contributed by atoms with E-state index in [1.807, 2.05) is 0 Å². The molecule has 0 nitrogen and oxygen atoms in total. The molecule has 3 saturated carbocycles. The van der Waals surface area contributed by atoms with Crippen molar-refractivity contribution in [3.8, 4) is 0 Å². The Morgan fingerprint density at radius 3 is 1.56 bits per heavy atom. The van der Waals surface area contributed by atoms with Crippen LogP contribution in [0.2, 0.25) is 0 Å². The van der Waals surface area contributed by atoms with E-state index >= 15 is 0 Å². The molecule has 0 N–H and O–H groups in total. The molecule has 0 heteroatoms. The first kappa shape index (κ1) is 19.2. The van der Waals surface area contributed by atoms with Crippen LogP contribution >= 0.6 is 0 Å². The van der Waals surface area contributed by atoms with E-state index in [0.717, 1.165) is 35.5 Å². The molecule has 0 spiro atoms. The Bertz CT molecular complexity index is 396. The summed E-state index contributed by atoms with van der Waals surface area (Å²) in [5.41, 5.74) is 0. The largest absolute Gasteiger partial charge is 0.103 e. The minimum Gasteiger partial charge on any atom is -0.103 e. The Labute approximate surface area is 157 Å². The lowest BCUT2D eigenvalue weighted by atomic mass is 9.65. The fourth-order valence-corrected chi connectivity index (χ4v) is 6.39. The number of rotatable bonds is 6. The van der Waals surface area contributed by atoms with Crippen LogP contribution in [-0.4, -0.2) is 0 Å². The van der Waals surface area contributed by atoms with Crippen LogP contribution in [0.5, 0.6) is 0 Å². The Hall–Kier alpha value is -0.520. The molecule has 0 bridgehead atoms. The molecule has 3 fully saturated rings. The zero-order chi connectivity index (χ0) is 17.5. The molecule has 0 aromatic rings. The minimum absolute atomic E-state index is 0.829. The van der Waals surface area contributed by atoms with E-state index in [2.05, 4.69) is 31.7 Å². The van der Waals surface area contributed by atoms with Gasteiger partial charge >= 0.3 is 0 Å². The van der Waals surface area contributed by atoms with Gasteiger partial charge in [-0.05, 0) is 119 Å². The molecule has 0 unspecified atom stereocenters. The highest BCUT2D eigenvalue weighted by atomic mass is 14.4. The van der Waals surface area contributed by atoms with Gasteiger partial charge in [-0.3, -0.25) is 0 Å². The molecule has 0 aliphatic heterocycles. The van der Waals surface area contributed by atoms with Crippen LogP contribution in [0.1, 0.15) is 96.8 Å². The summed E-state index contributed by atoms with van der Waals surface area (Å²) in [7, 11) is 0. The maximum Gasteiger partial charge on any atom is -0.0236 e. The maximum absolute atomic E-state index is 4.01. The Kier molecular flexibility index (Phi) is 7.68. The van der Waals surface area contributed by atoms with Gasteiger partial charge in [0.25, 0.3) is 0 Å². The lowest BCUT2D eigenvalue weighted by molar-refractivity contribution is 0.107. The van der Waals surface area contributed by atoms with Crippen LogP contribution in [0.25, 0.3) is 0 Å². The molecule has 0 aromatic heterocycles. The first-order valence-electron chi connectivity index (χ1n) is 11.5. The molecule has 3 aliphatic rings. The molecule has 142 valence electrons. The average molecular weight is 343 g/mol. The summed E-state index contributed by atoms with van der Waals surface area (Å²) in [6.07, 6.45) is 27.7. The van der Waals surface area contributed by atoms with Crippen molar-refractivity contribution in [1.82, 2.24) is 0 Å². The quantitative estimate of drug-likeness (QED) is 0.430. The van der Waals surface area contributed by atoms with E-state index in [1.54, 1.807) is 38.5 Å². The Balaban J connectivity index is 1.35. The smallest absolute Gasteiger partial charge is 0.0236 e. The van der Waals surface area contributed by atoms with Gasteiger partial charge in [-0.25, -0.2) is 0 Å². The van der Waals surface area contributed by atoms with Crippen LogP contribution in [0.3, 0.4) is 0 Å². The summed E-state index contributed by atoms with van der Waals surface area (Å²) in [5, 5.41) is 0. The monoisotopic (exact) mass is 342 g/mol. The van der Waals surface area contributed by atoms with Crippen molar-refractivity contribution in [3.05, 3.63) is 24.8 Å². The highest BCUT2D eigenvalue weighted by molar-refractivity contribution is 4.89. The van der Waals surface area contributed by atoms with E-state index < -0.39 is 0 Å². The number of allylic oxidation sites excluding steroid dienone is 3. The SMILES string of the molecule is C=C[C@H]1CC[C@H](C2CCC([C@H]3CC[C@H](CC/C=C/C)CC3)CC2)CC1. The van der Waals surface area contributed by atoms with Gasteiger partial charge in [0.05, 0.1) is 0 Å². The lowest BCUT2D eigenvalue weighted by Crippen LogP contribution is -2.29. The van der Waals surface area contributed by atoms with E-state index in [4.69, 9.17) is 0 Å². The zero-order valence-electron chi connectivity index (χ0n) is 16.8. The first-order chi connectivity index (χ1) is 12.3. The van der Waals surface area contributed by atoms with E-state index in [9.17, 15) is 0 Å². The second kappa shape index (κ2) is 9.98. The normalized spacial score (nSPS) is 40.2. The number of hydrogen-bond acceptors (Lipinski definition) is 0. The third-order valence-electron chi connectivity index (χ3n) is 8.17. The maximum atomic E-state index is 4.01. The van der Waals surface area contributed by atoms with E-state index in [-0.39, 0.29) is 0 Å².